The Bertz CT molecular complexity index is 3560. The van der Waals surface area contributed by atoms with Gasteiger partial charge in [0.05, 0.1) is 27.4 Å². The third-order valence-electron chi connectivity index (χ3n) is 10.2. The van der Waals surface area contributed by atoms with Crippen molar-refractivity contribution in [3.8, 4) is 55.6 Å². The van der Waals surface area contributed by atoms with E-state index in [1.807, 2.05) is 58.3 Å². The molecule has 0 atom stereocenters. The minimum absolute atomic E-state index is 0.0422. The van der Waals surface area contributed by atoms with Gasteiger partial charge in [-0.05, 0) is 128 Å². The Morgan fingerprint density at radius 3 is 0.484 bits per heavy atom. The lowest BCUT2D eigenvalue weighted by atomic mass is 10.0. The molecule has 294 valence electrons. The van der Waals surface area contributed by atoms with E-state index in [1.54, 1.807) is 97.1 Å². The number of benzene rings is 10. The van der Waals surface area contributed by atoms with Gasteiger partial charge in [0.15, 0.2) is 0 Å². The number of anilines is 6. The Morgan fingerprint density at radius 1 is 0.177 bits per heavy atom. The molecule has 0 aliphatic carbocycles. The van der Waals surface area contributed by atoms with Crippen LogP contribution in [0.25, 0.3) is 55.6 Å². The van der Waals surface area contributed by atoms with E-state index in [1.165, 1.54) is 0 Å². The normalized spacial score (nSPS) is 15.4. The lowest BCUT2D eigenvalue weighted by Gasteiger charge is -2.27. The topological polar surface area (TPSA) is 6.48 Å². The van der Waals surface area contributed by atoms with E-state index < -0.39 is 72.5 Å². The Balaban J connectivity index is 1.02. The Kier molecular flexibility index (Phi) is 6.20. The van der Waals surface area contributed by atoms with Gasteiger partial charge in [-0.3, -0.25) is 0 Å². The summed E-state index contributed by atoms with van der Waals surface area (Å²) in [6.45, 7) is 0. The molecule has 0 unspecified atom stereocenters. The van der Waals surface area contributed by atoms with Crippen LogP contribution in [0.4, 0.5) is 34.1 Å². The predicted molar refractivity (Wildman–Crippen MR) is 263 cm³/mol. The van der Waals surface area contributed by atoms with Crippen LogP contribution < -0.4 is 9.80 Å². The first kappa shape index (κ1) is 21.9. The Hall–Kier alpha value is -8.20. The minimum Gasteiger partial charge on any atom is -0.311 e. The summed E-state index contributed by atoms with van der Waals surface area (Å²) in [5, 5.41) is 0. The van der Waals surface area contributed by atoms with Crippen molar-refractivity contribution in [1.82, 2.24) is 0 Å². The second-order valence-electron chi connectivity index (χ2n) is 14.0. The monoisotopic (exact) mass is 812 g/mol. The van der Waals surface area contributed by atoms with Crippen LogP contribution in [-0.4, -0.2) is 0 Å². The van der Waals surface area contributed by atoms with Crippen molar-refractivity contribution in [2.45, 2.75) is 0 Å². The number of hydrogen-bond acceptors (Lipinski definition) is 2. The van der Waals surface area contributed by atoms with E-state index in [4.69, 9.17) is 27.4 Å². The fourth-order valence-electron chi connectivity index (χ4n) is 7.19. The highest BCUT2D eigenvalue weighted by molar-refractivity contribution is 5.83. The van der Waals surface area contributed by atoms with Crippen LogP contribution in [-0.2, 0) is 0 Å². The summed E-state index contributed by atoms with van der Waals surface area (Å²) in [7, 11) is 0. The van der Waals surface area contributed by atoms with E-state index in [2.05, 4.69) is 0 Å². The highest BCUT2D eigenvalue weighted by Gasteiger charge is 2.16. The molecule has 2 nitrogen and oxygen atoms in total. The van der Waals surface area contributed by atoms with Crippen molar-refractivity contribution in [3.05, 3.63) is 266 Å². The lowest BCUT2D eigenvalue weighted by Crippen LogP contribution is -2.10. The molecule has 10 aromatic rings. The minimum atomic E-state index is -0.503. The molecule has 0 aliphatic rings. The van der Waals surface area contributed by atoms with Crippen LogP contribution in [0.2, 0.25) is 0 Å². The van der Waals surface area contributed by atoms with Crippen LogP contribution in [0.15, 0.2) is 266 Å². The van der Waals surface area contributed by atoms with E-state index in [0.717, 1.165) is 11.1 Å². The summed E-state index contributed by atoms with van der Waals surface area (Å²) in [6, 6.07) is 34.2. The molecule has 0 spiro atoms. The maximum absolute atomic E-state index is 8.57. The van der Waals surface area contributed by atoms with Crippen LogP contribution in [0.1, 0.15) is 27.4 Å². The molecular weight excluding hydrogens is 749 g/mol. The maximum Gasteiger partial charge on any atom is 0.0629 e. The highest BCUT2D eigenvalue weighted by Crippen LogP contribution is 2.40. The van der Waals surface area contributed by atoms with Gasteiger partial charge < -0.3 is 9.80 Å². The van der Waals surface area contributed by atoms with Crippen LogP contribution in [0, 0.1) is 0 Å². The zero-order valence-corrected chi connectivity index (χ0v) is 32.8. The second-order valence-corrected chi connectivity index (χ2v) is 14.0. The van der Waals surface area contributed by atoms with Gasteiger partial charge in [-0.15, -0.1) is 0 Å². The number of hydrogen-bond donors (Lipinski definition) is 0. The van der Waals surface area contributed by atoms with Gasteiger partial charge in [0.1, 0.15) is 0 Å². The number of rotatable bonds is 11. The van der Waals surface area contributed by atoms with Crippen molar-refractivity contribution < 1.29 is 27.4 Å². The van der Waals surface area contributed by atoms with E-state index in [-0.39, 0.29) is 70.6 Å². The zero-order chi connectivity index (χ0) is 58.9. The largest absolute Gasteiger partial charge is 0.311 e. The second kappa shape index (κ2) is 17.6. The standard InChI is InChI=1S/C60H44N2/c1-5-13-45(14-6-1)49-21-33-55(34-22-49)61(56-35-23-50(24-36-56)46-15-7-2-8-16-46)59-41-29-53(30-42-59)54-31-43-60(44-32-54)62(57-37-25-51(26-38-57)47-17-9-3-10-18-47)58-39-27-52(28-40-58)48-19-11-4-12-20-48/h1-44H/i1D,2D,3D,4D,5D,6D,7D,8D,9D,10D,11D,12D,13D,14D,15D,16D,17D,18D,19D,20D. The van der Waals surface area contributed by atoms with Crippen molar-refractivity contribution in [3.63, 3.8) is 0 Å². The zero-order valence-electron chi connectivity index (χ0n) is 52.8. The molecule has 10 rings (SSSR count). The molecule has 2 heteroatoms. The third kappa shape index (κ3) is 8.18. The first-order valence-corrected chi connectivity index (χ1v) is 19.5. The molecule has 0 amide bonds. The average Bonchev–Trinajstić information content (AvgIpc) is 3.40. The molecule has 0 N–H and O–H groups in total. The summed E-state index contributed by atoms with van der Waals surface area (Å²) in [6.07, 6.45) is 0. The predicted octanol–water partition coefficient (Wildman–Crippen LogP) is 17.0. The molecule has 10 aromatic carbocycles. The number of nitrogens with zero attached hydrogens (tertiary/aromatic N) is 2. The average molecular weight is 813 g/mol. The van der Waals surface area contributed by atoms with Gasteiger partial charge in [0, 0.05) is 34.1 Å². The molecule has 0 aliphatic heterocycles. The first-order chi connectivity index (χ1) is 39.0. The molecular formula is C60H44N2. The van der Waals surface area contributed by atoms with E-state index >= 15 is 0 Å². The van der Waals surface area contributed by atoms with Crippen molar-refractivity contribution in [1.29, 1.82) is 0 Å². The molecule has 0 fully saturated rings. The van der Waals surface area contributed by atoms with Gasteiger partial charge in [0.25, 0.3) is 0 Å². The molecule has 0 saturated heterocycles. The van der Waals surface area contributed by atoms with Gasteiger partial charge in [-0.1, -0.05) is 194 Å². The van der Waals surface area contributed by atoms with E-state index in [0.29, 0.717) is 56.4 Å². The summed E-state index contributed by atoms with van der Waals surface area (Å²) < 4.78 is 167. The molecule has 0 radical (unpaired) electrons. The SMILES string of the molecule is [2H]c1c([2H])c([2H])c(-c2ccc(N(c3ccc(-c4ccc(N(c5ccc(-c6c([2H])c([2H])c([2H])c([2H])c6[2H])cc5)c5ccc(-c6c([2H])c([2H])c([2H])c([2H])c6[2H])cc5)cc4)cc3)c3ccc(-c4c([2H])c([2H])c([2H])c([2H])c4[2H])cc3)cc2)c([2H])c1[2H]. The summed E-state index contributed by atoms with van der Waals surface area (Å²) in [4.78, 5) is 3.82. The fraction of sp³-hybridized carbons (Fsp3) is 0. The van der Waals surface area contributed by atoms with Gasteiger partial charge in [-0.2, -0.15) is 0 Å². The Morgan fingerprint density at radius 2 is 0.323 bits per heavy atom. The van der Waals surface area contributed by atoms with Gasteiger partial charge in [0.2, 0.25) is 0 Å². The van der Waals surface area contributed by atoms with Crippen LogP contribution >= 0.6 is 0 Å². The molecule has 62 heavy (non-hydrogen) atoms. The van der Waals surface area contributed by atoms with Gasteiger partial charge >= 0.3 is 0 Å². The molecule has 0 heterocycles. The first-order valence-electron chi connectivity index (χ1n) is 29.5. The maximum atomic E-state index is 8.57. The highest BCUT2D eigenvalue weighted by atomic mass is 15.1. The molecule has 0 bridgehead atoms. The summed E-state index contributed by atoms with van der Waals surface area (Å²) in [5.74, 6) is 0. The molecule has 0 saturated carbocycles. The van der Waals surface area contributed by atoms with Crippen LogP contribution in [0.3, 0.4) is 0 Å². The van der Waals surface area contributed by atoms with Crippen molar-refractivity contribution >= 4 is 34.1 Å². The van der Waals surface area contributed by atoms with Crippen molar-refractivity contribution in [2.75, 3.05) is 9.80 Å². The summed E-state index contributed by atoms with van der Waals surface area (Å²) >= 11 is 0. The molecule has 0 aromatic heterocycles. The quantitative estimate of drug-likeness (QED) is 0.128. The lowest BCUT2D eigenvalue weighted by molar-refractivity contribution is 1.28. The summed E-state index contributed by atoms with van der Waals surface area (Å²) in [5.41, 5.74) is 7.21. The van der Waals surface area contributed by atoms with E-state index in [9.17, 15) is 0 Å². The smallest absolute Gasteiger partial charge is 0.0629 e. The third-order valence-corrected chi connectivity index (χ3v) is 10.2. The Labute approximate surface area is 393 Å². The fourth-order valence-corrected chi connectivity index (χ4v) is 7.19. The van der Waals surface area contributed by atoms with Crippen molar-refractivity contribution in [2.24, 2.45) is 0 Å². The van der Waals surface area contributed by atoms with Gasteiger partial charge in [-0.25, -0.2) is 0 Å². The van der Waals surface area contributed by atoms with Crippen LogP contribution in [0.5, 0.6) is 0 Å².